The van der Waals surface area contributed by atoms with E-state index in [0.29, 0.717) is 11.5 Å². The SMILES string of the molecule is CC1CC[C@@H](Nc2c(C(N)=O)cnn3cc(-c4ccc5[nH]ncc5c4)cc23)C1(C)C. The van der Waals surface area contributed by atoms with E-state index in [4.69, 9.17) is 5.73 Å². The number of hydrogen-bond acceptors (Lipinski definition) is 4. The first kappa shape index (κ1) is 18.7. The van der Waals surface area contributed by atoms with Crippen LogP contribution in [-0.4, -0.2) is 31.8 Å². The fourth-order valence-corrected chi connectivity index (χ4v) is 4.61. The standard InChI is InChI=1S/C23H26N6O/c1-13-4-7-20(23(13,2)3)27-21-17(22(24)30)11-26-29-12-16(9-19(21)29)14-5-6-18-15(8-14)10-25-28-18/h5-6,8-13,20,27H,4,7H2,1-3H3,(H2,24,30)(H,25,28)/t13?,20-/m1/s1. The van der Waals surface area contributed by atoms with Crippen molar-refractivity contribution >= 4 is 28.0 Å². The topological polar surface area (TPSA) is 101 Å². The molecule has 0 aliphatic heterocycles. The van der Waals surface area contributed by atoms with Crippen LogP contribution in [0.1, 0.15) is 44.0 Å². The molecular formula is C23H26N6O. The Kier molecular flexibility index (Phi) is 4.10. The number of aromatic nitrogens is 4. The number of aromatic amines is 1. The molecule has 0 spiro atoms. The second-order valence-electron chi connectivity index (χ2n) is 9.02. The minimum Gasteiger partial charge on any atom is -0.379 e. The molecule has 3 aromatic heterocycles. The number of benzene rings is 1. The predicted molar refractivity (Wildman–Crippen MR) is 118 cm³/mol. The lowest BCUT2D eigenvalue weighted by Crippen LogP contribution is -2.35. The number of carbonyl (C=O) groups is 1. The van der Waals surface area contributed by atoms with Crippen molar-refractivity contribution in [2.45, 2.75) is 39.7 Å². The molecule has 1 aliphatic carbocycles. The molecule has 7 heteroatoms. The first-order valence-electron chi connectivity index (χ1n) is 10.4. The maximum absolute atomic E-state index is 12.2. The van der Waals surface area contributed by atoms with Gasteiger partial charge >= 0.3 is 0 Å². The minimum atomic E-state index is -0.473. The molecule has 4 aromatic rings. The van der Waals surface area contributed by atoms with E-state index in [-0.39, 0.29) is 11.5 Å². The highest BCUT2D eigenvalue weighted by molar-refractivity contribution is 6.02. The van der Waals surface area contributed by atoms with E-state index in [9.17, 15) is 4.79 Å². The van der Waals surface area contributed by atoms with E-state index >= 15 is 0 Å². The van der Waals surface area contributed by atoms with Gasteiger partial charge in [-0.15, -0.1) is 0 Å². The summed E-state index contributed by atoms with van der Waals surface area (Å²) in [5.74, 6) is 0.132. The number of nitrogens with zero attached hydrogens (tertiary/aromatic N) is 3. The molecule has 0 saturated heterocycles. The van der Waals surface area contributed by atoms with Gasteiger partial charge in [0.25, 0.3) is 5.91 Å². The number of H-pyrrole nitrogens is 1. The molecule has 1 fully saturated rings. The lowest BCUT2D eigenvalue weighted by Gasteiger charge is -2.33. The number of anilines is 1. The molecule has 154 valence electrons. The molecule has 0 bridgehead atoms. The molecule has 2 atom stereocenters. The number of amides is 1. The van der Waals surface area contributed by atoms with Gasteiger partial charge in [0.05, 0.1) is 34.7 Å². The number of fused-ring (bicyclic) bond motifs is 2. The summed E-state index contributed by atoms with van der Waals surface area (Å²) < 4.78 is 1.81. The van der Waals surface area contributed by atoms with E-state index in [1.807, 2.05) is 23.0 Å². The summed E-state index contributed by atoms with van der Waals surface area (Å²) in [6.07, 6.45) is 7.58. The molecule has 7 nitrogen and oxygen atoms in total. The van der Waals surface area contributed by atoms with Gasteiger partial charge in [-0.2, -0.15) is 10.2 Å². The van der Waals surface area contributed by atoms with E-state index in [1.54, 1.807) is 6.20 Å². The van der Waals surface area contributed by atoms with Crippen LogP contribution in [-0.2, 0) is 0 Å². The largest absolute Gasteiger partial charge is 0.379 e. The fourth-order valence-electron chi connectivity index (χ4n) is 4.61. The van der Waals surface area contributed by atoms with Gasteiger partial charge < -0.3 is 11.1 Å². The van der Waals surface area contributed by atoms with Crippen LogP contribution in [0.3, 0.4) is 0 Å². The number of primary amides is 1. The highest BCUT2D eigenvalue weighted by Crippen LogP contribution is 2.44. The summed E-state index contributed by atoms with van der Waals surface area (Å²) in [5.41, 5.74) is 11.0. The quantitative estimate of drug-likeness (QED) is 0.476. The summed E-state index contributed by atoms with van der Waals surface area (Å²) in [5, 5.41) is 16.2. The minimum absolute atomic E-state index is 0.122. The van der Waals surface area contributed by atoms with Crippen LogP contribution in [0.4, 0.5) is 5.69 Å². The smallest absolute Gasteiger partial charge is 0.252 e. The van der Waals surface area contributed by atoms with Crippen molar-refractivity contribution in [1.82, 2.24) is 19.8 Å². The molecule has 3 heterocycles. The van der Waals surface area contributed by atoms with Crippen molar-refractivity contribution in [1.29, 1.82) is 0 Å². The lowest BCUT2D eigenvalue weighted by atomic mass is 9.80. The van der Waals surface area contributed by atoms with Gasteiger partial charge in [0.1, 0.15) is 0 Å². The summed E-state index contributed by atoms with van der Waals surface area (Å²) in [6.45, 7) is 6.86. The van der Waals surface area contributed by atoms with E-state index in [2.05, 4.69) is 59.6 Å². The Labute approximate surface area is 174 Å². The summed E-state index contributed by atoms with van der Waals surface area (Å²) in [7, 11) is 0. The normalized spacial score (nSPS) is 20.8. The molecule has 30 heavy (non-hydrogen) atoms. The monoisotopic (exact) mass is 402 g/mol. The van der Waals surface area contributed by atoms with Crippen LogP contribution in [0.5, 0.6) is 0 Å². The van der Waals surface area contributed by atoms with Gasteiger partial charge in [-0.3, -0.25) is 9.89 Å². The van der Waals surface area contributed by atoms with Gasteiger partial charge in [-0.25, -0.2) is 4.52 Å². The van der Waals surface area contributed by atoms with Gasteiger partial charge in [0, 0.05) is 23.2 Å². The second kappa shape index (κ2) is 6.58. The zero-order chi connectivity index (χ0) is 21.0. The summed E-state index contributed by atoms with van der Waals surface area (Å²) in [4.78, 5) is 12.2. The van der Waals surface area contributed by atoms with Crippen molar-refractivity contribution in [2.75, 3.05) is 5.32 Å². The molecule has 1 unspecified atom stereocenters. The molecule has 0 radical (unpaired) electrons. The Morgan fingerprint density at radius 1 is 1.23 bits per heavy atom. The number of nitrogens with two attached hydrogens (primary N) is 1. The first-order valence-corrected chi connectivity index (χ1v) is 10.4. The Morgan fingerprint density at radius 2 is 2.07 bits per heavy atom. The van der Waals surface area contributed by atoms with E-state index < -0.39 is 5.91 Å². The highest BCUT2D eigenvalue weighted by atomic mass is 16.1. The fraction of sp³-hybridized carbons (Fsp3) is 0.348. The highest BCUT2D eigenvalue weighted by Gasteiger charge is 2.41. The van der Waals surface area contributed by atoms with Crippen molar-refractivity contribution in [3.63, 3.8) is 0 Å². The maximum Gasteiger partial charge on any atom is 0.252 e. The van der Waals surface area contributed by atoms with Crippen LogP contribution in [0.25, 0.3) is 27.5 Å². The average molecular weight is 403 g/mol. The third-order valence-electron chi connectivity index (χ3n) is 7.05. The van der Waals surface area contributed by atoms with Crippen molar-refractivity contribution < 1.29 is 4.79 Å². The number of hydrogen-bond donors (Lipinski definition) is 3. The van der Waals surface area contributed by atoms with Gasteiger partial charge in [-0.05, 0) is 47.9 Å². The van der Waals surface area contributed by atoms with Crippen LogP contribution >= 0.6 is 0 Å². The molecule has 1 amide bonds. The second-order valence-corrected chi connectivity index (χ2v) is 9.02. The number of carbonyl (C=O) groups excluding carboxylic acids is 1. The number of rotatable bonds is 4. The Morgan fingerprint density at radius 3 is 2.80 bits per heavy atom. The zero-order valence-electron chi connectivity index (χ0n) is 17.4. The molecule has 1 saturated carbocycles. The zero-order valence-corrected chi connectivity index (χ0v) is 17.4. The predicted octanol–water partition coefficient (Wildman–Crippen LogP) is 4.21. The Bertz CT molecular complexity index is 1270. The molecule has 5 rings (SSSR count). The molecule has 1 aliphatic rings. The third-order valence-corrected chi connectivity index (χ3v) is 7.05. The lowest BCUT2D eigenvalue weighted by molar-refractivity contribution is 0.100. The Balaban J connectivity index is 1.62. The van der Waals surface area contributed by atoms with Gasteiger partial charge in [0.15, 0.2) is 0 Å². The van der Waals surface area contributed by atoms with Crippen LogP contribution in [0.2, 0.25) is 0 Å². The third kappa shape index (κ3) is 2.84. The first-order chi connectivity index (χ1) is 14.3. The number of nitrogens with one attached hydrogen (secondary N) is 2. The van der Waals surface area contributed by atoms with Gasteiger partial charge in [-0.1, -0.05) is 26.8 Å². The van der Waals surface area contributed by atoms with Crippen LogP contribution < -0.4 is 11.1 Å². The summed E-state index contributed by atoms with van der Waals surface area (Å²) >= 11 is 0. The van der Waals surface area contributed by atoms with Crippen molar-refractivity contribution in [3.05, 3.63) is 48.4 Å². The Hall–Kier alpha value is -3.35. The maximum atomic E-state index is 12.2. The van der Waals surface area contributed by atoms with Crippen LogP contribution in [0.15, 0.2) is 42.9 Å². The van der Waals surface area contributed by atoms with Crippen molar-refractivity contribution in [2.24, 2.45) is 17.1 Å². The van der Waals surface area contributed by atoms with E-state index in [0.717, 1.165) is 46.1 Å². The van der Waals surface area contributed by atoms with Gasteiger partial charge in [0.2, 0.25) is 0 Å². The molecular weight excluding hydrogens is 376 g/mol. The van der Waals surface area contributed by atoms with E-state index in [1.165, 1.54) is 0 Å². The van der Waals surface area contributed by atoms with Crippen LogP contribution in [0, 0.1) is 11.3 Å². The molecule has 1 aromatic carbocycles. The summed E-state index contributed by atoms with van der Waals surface area (Å²) in [6, 6.07) is 8.49. The average Bonchev–Trinajstić information content (AvgIpc) is 3.41. The van der Waals surface area contributed by atoms with Crippen molar-refractivity contribution in [3.8, 4) is 11.1 Å². The molecule has 4 N–H and O–H groups in total.